The zero-order valence-corrected chi connectivity index (χ0v) is 17.7. The molecule has 1 aromatic heterocycles. The van der Waals surface area contributed by atoms with Gasteiger partial charge in [0.05, 0.1) is 19.1 Å². The minimum Gasteiger partial charge on any atom is -0.497 e. The summed E-state index contributed by atoms with van der Waals surface area (Å²) >= 11 is 3.49. The van der Waals surface area contributed by atoms with Crippen molar-refractivity contribution in [3.05, 3.63) is 82.8 Å². The van der Waals surface area contributed by atoms with E-state index in [2.05, 4.69) is 31.4 Å². The second-order valence-electron chi connectivity index (χ2n) is 6.55. The van der Waals surface area contributed by atoms with Gasteiger partial charge in [0.15, 0.2) is 0 Å². The molecule has 0 bridgehead atoms. The van der Waals surface area contributed by atoms with Crippen LogP contribution in [0.1, 0.15) is 5.56 Å². The Morgan fingerprint density at radius 3 is 2.47 bits per heavy atom. The molecule has 30 heavy (non-hydrogen) atoms. The molecule has 4 aromatic rings. The lowest BCUT2D eigenvalue weighted by Gasteiger charge is -2.06. The van der Waals surface area contributed by atoms with Gasteiger partial charge in [0.2, 0.25) is 11.7 Å². The standard InChI is InChI=1S/C23H18BrN3O3/c1-29-18-12-6-15(7-13-18)14-21(28)25-17-10-8-16(9-11-17)22-26-23(30-27-22)19-4-2-3-5-20(19)24/h2-13H,14H2,1H3,(H,25,28). The molecule has 0 aliphatic carbocycles. The summed E-state index contributed by atoms with van der Waals surface area (Å²) in [5, 5.41) is 6.96. The zero-order valence-electron chi connectivity index (χ0n) is 16.1. The van der Waals surface area contributed by atoms with Crippen molar-refractivity contribution in [3.8, 4) is 28.6 Å². The SMILES string of the molecule is COc1ccc(CC(=O)Nc2ccc(-c3noc(-c4ccccc4Br)n3)cc2)cc1. The van der Waals surface area contributed by atoms with Crippen LogP contribution in [-0.4, -0.2) is 23.2 Å². The Bertz CT molecular complexity index is 1160. The van der Waals surface area contributed by atoms with Gasteiger partial charge in [-0.05, 0) is 70.0 Å². The fourth-order valence-corrected chi connectivity index (χ4v) is 3.38. The lowest BCUT2D eigenvalue weighted by atomic mass is 10.1. The molecule has 0 spiro atoms. The molecule has 0 radical (unpaired) electrons. The predicted octanol–water partition coefficient (Wildman–Crippen LogP) is 5.36. The largest absolute Gasteiger partial charge is 0.497 e. The van der Waals surface area contributed by atoms with E-state index in [0.29, 0.717) is 17.4 Å². The van der Waals surface area contributed by atoms with E-state index in [1.807, 2.05) is 72.8 Å². The molecule has 1 N–H and O–H groups in total. The summed E-state index contributed by atoms with van der Waals surface area (Å²) < 4.78 is 11.4. The molecule has 0 aliphatic heterocycles. The Labute approximate surface area is 182 Å². The second kappa shape index (κ2) is 8.92. The van der Waals surface area contributed by atoms with Crippen LogP contribution in [0.4, 0.5) is 5.69 Å². The number of ether oxygens (including phenoxy) is 1. The van der Waals surface area contributed by atoms with Crippen molar-refractivity contribution in [1.29, 1.82) is 0 Å². The molecule has 0 saturated carbocycles. The van der Waals surface area contributed by atoms with E-state index in [1.54, 1.807) is 7.11 Å². The number of nitrogens with one attached hydrogen (secondary N) is 1. The summed E-state index contributed by atoms with van der Waals surface area (Å²) in [5.41, 5.74) is 3.24. The van der Waals surface area contributed by atoms with E-state index in [9.17, 15) is 4.79 Å². The van der Waals surface area contributed by atoms with Crippen LogP contribution in [0.5, 0.6) is 5.75 Å². The third-order valence-corrected chi connectivity index (χ3v) is 5.17. The number of hydrogen-bond acceptors (Lipinski definition) is 5. The molecule has 3 aromatic carbocycles. The highest BCUT2D eigenvalue weighted by atomic mass is 79.9. The normalized spacial score (nSPS) is 10.6. The lowest BCUT2D eigenvalue weighted by Crippen LogP contribution is -2.14. The average Bonchev–Trinajstić information content (AvgIpc) is 3.25. The highest BCUT2D eigenvalue weighted by Crippen LogP contribution is 2.28. The van der Waals surface area contributed by atoms with Crippen molar-refractivity contribution in [1.82, 2.24) is 10.1 Å². The smallest absolute Gasteiger partial charge is 0.259 e. The first-order chi connectivity index (χ1) is 14.6. The summed E-state index contributed by atoms with van der Waals surface area (Å²) in [7, 11) is 1.61. The third kappa shape index (κ3) is 4.58. The van der Waals surface area contributed by atoms with Crippen molar-refractivity contribution in [2.24, 2.45) is 0 Å². The Kier molecular flexibility index (Phi) is 5.90. The lowest BCUT2D eigenvalue weighted by molar-refractivity contribution is -0.115. The number of carbonyl (C=O) groups excluding carboxylic acids is 1. The highest BCUT2D eigenvalue weighted by Gasteiger charge is 2.13. The monoisotopic (exact) mass is 463 g/mol. The van der Waals surface area contributed by atoms with E-state index in [1.165, 1.54) is 0 Å². The molecule has 0 fully saturated rings. The third-order valence-electron chi connectivity index (χ3n) is 4.48. The van der Waals surface area contributed by atoms with Gasteiger partial charge in [0.25, 0.3) is 5.89 Å². The van der Waals surface area contributed by atoms with Crippen molar-refractivity contribution >= 4 is 27.5 Å². The number of methoxy groups -OCH3 is 1. The van der Waals surface area contributed by atoms with Crippen LogP contribution in [0.25, 0.3) is 22.8 Å². The van der Waals surface area contributed by atoms with E-state index >= 15 is 0 Å². The van der Waals surface area contributed by atoms with Gasteiger partial charge < -0.3 is 14.6 Å². The van der Waals surface area contributed by atoms with Crippen LogP contribution < -0.4 is 10.1 Å². The summed E-state index contributed by atoms with van der Waals surface area (Å²) in [6.07, 6.45) is 0.284. The number of aromatic nitrogens is 2. The van der Waals surface area contributed by atoms with Crippen LogP contribution in [0.2, 0.25) is 0 Å². The van der Waals surface area contributed by atoms with Gasteiger partial charge >= 0.3 is 0 Å². The van der Waals surface area contributed by atoms with E-state index in [4.69, 9.17) is 9.26 Å². The Hall–Kier alpha value is -3.45. The second-order valence-corrected chi connectivity index (χ2v) is 7.41. The van der Waals surface area contributed by atoms with Gasteiger partial charge in [0.1, 0.15) is 5.75 Å². The molecule has 6 nitrogen and oxygen atoms in total. The van der Waals surface area contributed by atoms with Crippen LogP contribution in [0, 0.1) is 0 Å². The van der Waals surface area contributed by atoms with Gasteiger partial charge in [-0.3, -0.25) is 4.79 Å². The van der Waals surface area contributed by atoms with Crippen LogP contribution in [0.15, 0.2) is 81.8 Å². The summed E-state index contributed by atoms with van der Waals surface area (Å²) in [4.78, 5) is 16.8. The topological polar surface area (TPSA) is 77.2 Å². The molecule has 4 rings (SSSR count). The molecule has 0 atom stereocenters. The fourth-order valence-electron chi connectivity index (χ4n) is 2.92. The molecule has 0 saturated heterocycles. The van der Waals surface area contributed by atoms with Crippen LogP contribution >= 0.6 is 15.9 Å². The molecule has 0 unspecified atom stereocenters. The van der Waals surface area contributed by atoms with Crippen molar-refractivity contribution < 1.29 is 14.1 Å². The van der Waals surface area contributed by atoms with Gasteiger partial charge in [-0.25, -0.2) is 0 Å². The molecule has 150 valence electrons. The number of halogens is 1. The molecule has 1 heterocycles. The first kappa shape index (κ1) is 19.8. The van der Waals surface area contributed by atoms with Gasteiger partial charge in [-0.2, -0.15) is 4.98 Å². The Morgan fingerprint density at radius 2 is 1.77 bits per heavy atom. The molecular formula is C23H18BrN3O3. The van der Waals surface area contributed by atoms with Crippen LogP contribution in [0.3, 0.4) is 0 Å². The van der Waals surface area contributed by atoms with Gasteiger partial charge in [-0.1, -0.05) is 29.4 Å². The van der Waals surface area contributed by atoms with Gasteiger partial charge in [-0.15, -0.1) is 0 Å². The Balaban J connectivity index is 1.41. The van der Waals surface area contributed by atoms with Gasteiger partial charge in [0, 0.05) is 15.7 Å². The van der Waals surface area contributed by atoms with Crippen LogP contribution in [-0.2, 0) is 11.2 Å². The number of carbonyl (C=O) groups is 1. The van der Waals surface area contributed by atoms with Crippen molar-refractivity contribution in [2.75, 3.05) is 12.4 Å². The molecule has 0 aliphatic rings. The van der Waals surface area contributed by atoms with E-state index in [-0.39, 0.29) is 12.3 Å². The summed E-state index contributed by atoms with van der Waals surface area (Å²) in [5.74, 6) is 1.59. The maximum Gasteiger partial charge on any atom is 0.259 e. The number of benzene rings is 3. The molecule has 1 amide bonds. The zero-order chi connectivity index (χ0) is 20.9. The van der Waals surface area contributed by atoms with E-state index < -0.39 is 0 Å². The van der Waals surface area contributed by atoms with Crippen molar-refractivity contribution in [2.45, 2.75) is 6.42 Å². The van der Waals surface area contributed by atoms with Crippen molar-refractivity contribution in [3.63, 3.8) is 0 Å². The maximum absolute atomic E-state index is 12.3. The number of nitrogens with zero attached hydrogens (tertiary/aromatic N) is 2. The fraction of sp³-hybridized carbons (Fsp3) is 0.0870. The molecule has 7 heteroatoms. The minimum atomic E-state index is -0.0938. The highest BCUT2D eigenvalue weighted by molar-refractivity contribution is 9.10. The average molecular weight is 464 g/mol. The quantitative estimate of drug-likeness (QED) is 0.416. The summed E-state index contributed by atoms with van der Waals surface area (Å²) in [6, 6.07) is 22.4. The first-order valence-corrected chi connectivity index (χ1v) is 10.0. The van der Waals surface area contributed by atoms with E-state index in [0.717, 1.165) is 26.9 Å². The number of hydrogen-bond donors (Lipinski definition) is 1. The summed E-state index contributed by atoms with van der Waals surface area (Å²) in [6.45, 7) is 0. The predicted molar refractivity (Wildman–Crippen MR) is 118 cm³/mol. The maximum atomic E-state index is 12.3. The number of amides is 1. The Morgan fingerprint density at radius 1 is 1.03 bits per heavy atom. The minimum absolute atomic E-state index is 0.0938. The number of anilines is 1. The first-order valence-electron chi connectivity index (χ1n) is 9.24. The molecular weight excluding hydrogens is 446 g/mol. The number of rotatable bonds is 6.